The van der Waals surface area contributed by atoms with Gasteiger partial charge in [-0.1, -0.05) is 0 Å². The summed E-state index contributed by atoms with van der Waals surface area (Å²) in [7, 11) is 0. The number of aromatic nitrogens is 3. The number of hydrogen-bond acceptors (Lipinski definition) is 4. The Balaban J connectivity index is 2.71. The van der Waals surface area contributed by atoms with Crippen LogP contribution in [0.25, 0.3) is 5.82 Å². The summed E-state index contributed by atoms with van der Waals surface area (Å²) in [5.41, 5.74) is -0.197. The maximum Gasteiger partial charge on any atom is 0.286 e. The van der Waals surface area contributed by atoms with Gasteiger partial charge in [-0.15, -0.1) is 0 Å². The first-order valence-corrected chi connectivity index (χ1v) is 5.22. The third kappa shape index (κ3) is 2.04. The van der Waals surface area contributed by atoms with Gasteiger partial charge in [0.05, 0.1) is 6.20 Å². The van der Waals surface area contributed by atoms with Crippen molar-refractivity contribution >= 4 is 5.78 Å². The monoisotopic (exact) mass is 247 g/mol. The molecular weight excluding hydrogens is 237 g/mol. The summed E-state index contributed by atoms with van der Waals surface area (Å²) >= 11 is 0. The van der Waals surface area contributed by atoms with E-state index in [1.807, 2.05) is 0 Å². The molecule has 6 heteroatoms. The quantitative estimate of drug-likeness (QED) is 0.750. The molecule has 0 spiro atoms. The maximum absolute atomic E-state index is 12.8. The van der Waals surface area contributed by atoms with Crippen molar-refractivity contribution < 1.29 is 9.18 Å². The Morgan fingerprint density at radius 1 is 1.28 bits per heavy atom. The number of aryl methyl sites for hydroxylation is 1. The van der Waals surface area contributed by atoms with E-state index in [9.17, 15) is 14.0 Å². The Bertz CT molecular complexity index is 662. The molecule has 0 amide bonds. The Labute approximate surface area is 102 Å². The number of ketones is 1. The Hall–Kier alpha value is -2.37. The van der Waals surface area contributed by atoms with Gasteiger partial charge in [0.2, 0.25) is 0 Å². The Morgan fingerprint density at radius 3 is 2.56 bits per heavy atom. The van der Waals surface area contributed by atoms with Gasteiger partial charge in [0.15, 0.2) is 11.5 Å². The van der Waals surface area contributed by atoms with Crippen molar-refractivity contribution in [1.82, 2.24) is 14.5 Å². The predicted molar refractivity (Wildman–Crippen MR) is 62.3 cm³/mol. The average molecular weight is 247 g/mol. The van der Waals surface area contributed by atoms with Crippen LogP contribution in [0.5, 0.6) is 0 Å². The van der Waals surface area contributed by atoms with Gasteiger partial charge in [-0.2, -0.15) is 0 Å². The molecule has 2 rings (SSSR count). The summed E-state index contributed by atoms with van der Waals surface area (Å²) in [4.78, 5) is 30.9. The zero-order valence-electron chi connectivity index (χ0n) is 9.85. The normalized spacial score (nSPS) is 10.4. The molecular formula is C12H10FN3O2. The van der Waals surface area contributed by atoms with Crippen LogP contribution in [0.2, 0.25) is 0 Å². The molecule has 0 N–H and O–H groups in total. The lowest BCUT2D eigenvalue weighted by Gasteiger charge is -2.09. The van der Waals surface area contributed by atoms with E-state index in [0.717, 1.165) is 6.20 Å². The summed E-state index contributed by atoms with van der Waals surface area (Å²) in [5.74, 6) is -0.662. The SMILES string of the molecule is CC(=O)c1ncc(C)n(-c2ccc(F)cn2)c1=O. The predicted octanol–water partition coefficient (Wildman–Crippen LogP) is 1.28. The van der Waals surface area contributed by atoms with Gasteiger partial charge in [-0.3, -0.25) is 14.2 Å². The lowest BCUT2D eigenvalue weighted by atomic mass is 10.3. The molecule has 2 aromatic rings. The fourth-order valence-electron chi connectivity index (χ4n) is 1.56. The lowest BCUT2D eigenvalue weighted by molar-refractivity contribution is 0.101. The molecule has 0 fully saturated rings. The molecule has 0 saturated heterocycles. The van der Waals surface area contributed by atoms with E-state index in [0.29, 0.717) is 5.69 Å². The molecule has 0 bridgehead atoms. The molecule has 5 nitrogen and oxygen atoms in total. The van der Waals surface area contributed by atoms with Crippen molar-refractivity contribution in [3.8, 4) is 5.82 Å². The van der Waals surface area contributed by atoms with Crippen LogP contribution in [-0.4, -0.2) is 20.3 Å². The second-order valence-electron chi connectivity index (χ2n) is 3.78. The van der Waals surface area contributed by atoms with Crippen LogP contribution in [0.4, 0.5) is 4.39 Å². The smallest absolute Gasteiger partial charge is 0.286 e. The van der Waals surface area contributed by atoms with E-state index in [2.05, 4.69) is 9.97 Å². The summed E-state index contributed by atoms with van der Waals surface area (Å²) < 4.78 is 14.0. The lowest BCUT2D eigenvalue weighted by Crippen LogP contribution is -2.28. The average Bonchev–Trinajstić information content (AvgIpc) is 2.31. The van der Waals surface area contributed by atoms with E-state index in [1.54, 1.807) is 6.92 Å². The number of Topliss-reactive ketones (excluding diaryl/α,β-unsaturated/α-hetero) is 1. The number of carbonyl (C=O) groups is 1. The molecule has 0 radical (unpaired) electrons. The van der Waals surface area contributed by atoms with Crippen LogP contribution in [0.15, 0.2) is 29.3 Å². The van der Waals surface area contributed by atoms with E-state index < -0.39 is 17.2 Å². The van der Waals surface area contributed by atoms with Crippen LogP contribution in [0.1, 0.15) is 23.1 Å². The summed E-state index contributed by atoms with van der Waals surface area (Å²) in [6.07, 6.45) is 2.41. The van der Waals surface area contributed by atoms with E-state index in [-0.39, 0.29) is 11.5 Å². The zero-order chi connectivity index (χ0) is 13.3. The molecule has 2 aromatic heterocycles. The van der Waals surface area contributed by atoms with Gasteiger partial charge in [0.25, 0.3) is 5.56 Å². The second-order valence-corrected chi connectivity index (χ2v) is 3.78. The summed E-state index contributed by atoms with van der Waals surface area (Å²) in [6, 6.07) is 2.57. The number of hydrogen-bond donors (Lipinski definition) is 0. The highest BCUT2D eigenvalue weighted by atomic mass is 19.1. The van der Waals surface area contributed by atoms with Gasteiger partial charge in [-0.25, -0.2) is 14.4 Å². The number of carbonyl (C=O) groups excluding carboxylic acids is 1. The molecule has 0 unspecified atom stereocenters. The topological polar surface area (TPSA) is 64.8 Å². The summed E-state index contributed by atoms with van der Waals surface area (Å²) in [5, 5.41) is 0. The fourth-order valence-corrected chi connectivity index (χ4v) is 1.56. The molecule has 0 aliphatic rings. The highest BCUT2D eigenvalue weighted by molar-refractivity contribution is 5.91. The van der Waals surface area contributed by atoms with Crippen molar-refractivity contribution in [2.24, 2.45) is 0 Å². The van der Waals surface area contributed by atoms with Gasteiger partial charge in [0.1, 0.15) is 11.6 Å². The van der Waals surface area contributed by atoms with Crippen LogP contribution in [0.3, 0.4) is 0 Å². The number of nitrogens with zero attached hydrogens (tertiary/aromatic N) is 3. The van der Waals surface area contributed by atoms with Crippen molar-refractivity contribution in [2.45, 2.75) is 13.8 Å². The minimum absolute atomic E-state index is 0.160. The van der Waals surface area contributed by atoms with Gasteiger partial charge < -0.3 is 0 Å². The highest BCUT2D eigenvalue weighted by Crippen LogP contribution is 2.06. The maximum atomic E-state index is 12.8. The highest BCUT2D eigenvalue weighted by Gasteiger charge is 2.13. The third-order valence-electron chi connectivity index (χ3n) is 2.41. The third-order valence-corrected chi connectivity index (χ3v) is 2.41. The van der Waals surface area contributed by atoms with Gasteiger partial charge in [-0.05, 0) is 19.1 Å². The number of halogens is 1. The van der Waals surface area contributed by atoms with Crippen molar-refractivity contribution in [3.63, 3.8) is 0 Å². The van der Waals surface area contributed by atoms with Crippen LogP contribution < -0.4 is 5.56 Å². The Kier molecular flexibility index (Phi) is 3.01. The molecule has 0 atom stereocenters. The first kappa shape index (κ1) is 12.1. The van der Waals surface area contributed by atoms with Crippen LogP contribution in [-0.2, 0) is 0 Å². The molecule has 92 valence electrons. The molecule has 0 saturated carbocycles. The minimum Gasteiger partial charge on any atom is -0.293 e. The van der Waals surface area contributed by atoms with Crippen molar-refractivity contribution in [2.75, 3.05) is 0 Å². The fraction of sp³-hybridized carbons (Fsp3) is 0.167. The van der Waals surface area contributed by atoms with E-state index >= 15 is 0 Å². The zero-order valence-corrected chi connectivity index (χ0v) is 9.85. The minimum atomic E-state index is -0.554. The molecule has 2 heterocycles. The molecule has 0 aromatic carbocycles. The Morgan fingerprint density at radius 2 is 2.00 bits per heavy atom. The molecule has 18 heavy (non-hydrogen) atoms. The second kappa shape index (κ2) is 4.48. The van der Waals surface area contributed by atoms with Gasteiger partial charge in [0, 0.05) is 18.8 Å². The number of rotatable bonds is 2. The van der Waals surface area contributed by atoms with Crippen molar-refractivity contribution in [3.05, 3.63) is 52.1 Å². The molecule has 0 aliphatic carbocycles. The molecule has 0 aliphatic heterocycles. The number of pyridine rings is 1. The first-order chi connectivity index (χ1) is 8.50. The van der Waals surface area contributed by atoms with Crippen LogP contribution >= 0.6 is 0 Å². The van der Waals surface area contributed by atoms with Crippen LogP contribution in [0, 0.1) is 12.7 Å². The largest absolute Gasteiger partial charge is 0.293 e. The van der Waals surface area contributed by atoms with Crippen molar-refractivity contribution in [1.29, 1.82) is 0 Å². The standard InChI is InChI=1S/C12H10FN3O2/c1-7-5-15-11(8(2)17)12(18)16(7)10-4-3-9(13)6-14-10/h3-6H,1-2H3. The van der Waals surface area contributed by atoms with E-state index in [1.165, 1.54) is 29.8 Å². The van der Waals surface area contributed by atoms with E-state index in [4.69, 9.17) is 0 Å². The summed E-state index contributed by atoms with van der Waals surface area (Å²) in [6.45, 7) is 2.92. The van der Waals surface area contributed by atoms with Gasteiger partial charge >= 0.3 is 0 Å². The first-order valence-electron chi connectivity index (χ1n) is 5.22.